The van der Waals surface area contributed by atoms with Crippen LogP contribution < -0.4 is 11.1 Å². The highest BCUT2D eigenvalue weighted by Crippen LogP contribution is 2.15. The number of carbonyl (C=O) groups excluding carboxylic acids is 1. The molecule has 0 heterocycles. The zero-order valence-corrected chi connectivity index (χ0v) is 10.2. The number of amides is 1. The highest BCUT2D eigenvalue weighted by molar-refractivity contribution is 5.96. The Balaban J connectivity index is 2.70. The fourth-order valence-electron chi connectivity index (χ4n) is 1.41. The van der Waals surface area contributed by atoms with E-state index in [9.17, 15) is 4.79 Å². The van der Waals surface area contributed by atoms with Gasteiger partial charge in [-0.2, -0.15) is 0 Å². The van der Waals surface area contributed by atoms with Gasteiger partial charge in [0, 0.05) is 17.8 Å². The Morgan fingerprint density at radius 1 is 1.50 bits per heavy atom. The van der Waals surface area contributed by atoms with Gasteiger partial charge in [-0.1, -0.05) is 26.3 Å². The van der Waals surface area contributed by atoms with E-state index in [0.29, 0.717) is 23.7 Å². The highest BCUT2D eigenvalue weighted by atomic mass is 16.1. The van der Waals surface area contributed by atoms with E-state index >= 15 is 0 Å². The molecule has 0 aliphatic rings. The van der Waals surface area contributed by atoms with Crippen LogP contribution in [0.1, 0.15) is 36.2 Å². The van der Waals surface area contributed by atoms with Crippen LogP contribution in [0.25, 0.3) is 0 Å². The number of hydrogen-bond acceptors (Lipinski definition) is 2. The quantitative estimate of drug-likeness (QED) is 0.765. The van der Waals surface area contributed by atoms with Crippen molar-refractivity contribution in [1.82, 2.24) is 5.32 Å². The number of hydrogen-bond donors (Lipinski definition) is 2. The second-order valence-corrected chi connectivity index (χ2v) is 4.24. The number of rotatable bonds is 4. The van der Waals surface area contributed by atoms with Crippen LogP contribution in [0.2, 0.25) is 0 Å². The summed E-state index contributed by atoms with van der Waals surface area (Å²) in [5, 5.41) is 2.92. The molecule has 1 amide bonds. The van der Waals surface area contributed by atoms with Gasteiger partial charge in [0.2, 0.25) is 0 Å². The largest absolute Gasteiger partial charge is 0.398 e. The van der Waals surface area contributed by atoms with E-state index in [1.54, 1.807) is 18.2 Å². The predicted molar refractivity (Wildman–Crippen MR) is 67.4 cm³/mol. The van der Waals surface area contributed by atoms with Crippen molar-refractivity contribution < 1.29 is 4.79 Å². The van der Waals surface area contributed by atoms with Crippen LogP contribution in [0.4, 0.5) is 5.69 Å². The summed E-state index contributed by atoms with van der Waals surface area (Å²) in [6.45, 7) is 6.81. The number of anilines is 1. The van der Waals surface area contributed by atoms with E-state index in [2.05, 4.69) is 19.2 Å². The zero-order chi connectivity index (χ0) is 12.1. The lowest BCUT2D eigenvalue weighted by molar-refractivity contribution is 0.0947. The van der Waals surface area contributed by atoms with Gasteiger partial charge in [0.25, 0.3) is 5.91 Å². The van der Waals surface area contributed by atoms with Gasteiger partial charge in [-0.3, -0.25) is 4.79 Å². The molecule has 3 nitrogen and oxygen atoms in total. The summed E-state index contributed by atoms with van der Waals surface area (Å²) in [6, 6.07) is 5.42. The van der Waals surface area contributed by atoms with Gasteiger partial charge < -0.3 is 11.1 Å². The molecule has 16 heavy (non-hydrogen) atoms. The Morgan fingerprint density at radius 2 is 2.19 bits per heavy atom. The lowest BCUT2D eigenvalue weighted by Crippen LogP contribution is -2.28. The van der Waals surface area contributed by atoms with Gasteiger partial charge in [0.15, 0.2) is 0 Å². The van der Waals surface area contributed by atoms with Crippen molar-refractivity contribution in [3.63, 3.8) is 0 Å². The monoisotopic (exact) mass is 220 g/mol. The first kappa shape index (κ1) is 12.6. The number of carbonyl (C=O) groups is 1. The molecule has 0 spiro atoms. The molecular weight excluding hydrogens is 200 g/mol. The smallest absolute Gasteiger partial charge is 0.251 e. The maximum absolute atomic E-state index is 11.9. The first-order valence-corrected chi connectivity index (χ1v) is 5.69. The van der Waals surface area contributed by atoms with Crippen LogP contribution >= 0.6 is 0 Å². The molecule has 1 aromatic rings. The van der Waals surface area contributed by atoms with E-state index < -0.39 is 0 Å². The molecule has 0 fully saturated rings. The summed E-state index contributed by atoms with van der Waals surface area (Å²) in [5.41, 5.74) is 7.94. The molecule has 1 aromatic carbocycles. The Bertz CT molecular complexity index is 374. The topological polar surface area (TPSA) is 55.1 Å². The average molecular weight is 220 g/mol. The van der Waals surface area contributed by atoms with Gasteiger partial charge in [0.05, 0.1) is 0 Å². The first-order valence-electron chi connectivity index (χ1n) is 5.69. The fourth-order valence-corrected chi connectivity index (χ4v) is 1.41. The Labute approximate surface area is 97.0 Å². The second kappa shape index (κ2) is 5.54. The summed E-state index contributed by atoms with van der Waals surface area (Å²) < 4.78 is 0. The van der Waals surface area contributed by atoms with Gasteiger partial charge in [-0.05, 0) is 30.5 Å². The van der Waals surface area contributed by atoms with Gasteiger partial charge >= 0.3 is 0 Å². The van der Waals surface area contributed by atoms with Crippen molar-refractivity contribution >= 4 is 11.6 Å². The molecular formula is C13H20N2O. The third-order valence-corrected chi connectivity index (χ3v) is 2.93. The lowest BCUT2D eigenvalue weighted by Gasteiger charge is -2.12. The molecule has 0 radical (unpaired) electrons. The summed E-state index contributed by atoms with van der Waals surface area (Å²) in [6.07, 6.45) is 1.07. The third-order valence-electron chi connectivity index (χ3n) is 2.93. The number of benzene rings is 1. The summed E-state index contributed by atoms with van der Waals surface area (Å²) >= 11 is 0. The highest BCUT2D eigenvalue weighted by Gasteiger charge is 2.10. The van der Waals surface area contributed by atoms with Crippen LogP contribution in [0.3, 0.4) is 0 Å². The second-order valence-electron chi connectivity index (χ2n) is 4.24. The molecule has 0 aliphatic heterocycles. The van der Waals surface area contributed by atoms with Crippen molar-refractivity contribution in [2.45, 2.75) is 27.2 Å². The lowest BCUT2D eigenvalue weighted by atomic mass is 10.1. The zero-order valence-electron chi connectivity index (χ0n) is 10.2. The van der Waals surface area contributed by atoms with Crippen molar-refractivity contribution in [3.8, 4) is 0 Å². The SMILES string of the molecule is CCC(C)CNC(=O)c1cccc(N)c1C. The van der Waals surface area contributed by atoms with Crippen molar-refractivity contribution in [1.29, 1.82) is 0 Å². The van der Waals surface area contributed by atoms with E-state index in [-0.39, 0.29) is 5.91 Å². The van der Waals surface area contributed by atoms with Crippen LogP contribution in [0.5, 0.6) is 0 Å². The molecule has 0 aliphatic carbocycles. The maximum Gasteiger partial charge on any atom is 0.251 e. The van der Waals surface area contributed by atoms with Crippen LogP contribution in [0.15, 0.2) is 18.2 Å². The molecule has 1 rings (SSSR count). The van der Waals surface area contributed by atoms with E-state index in [1.165, 1.54) is 0 Å². The molecule has 3 N–H and O–H groups in total. The third kappa shape index (κ3) is 2.99. The summed E-state index contributed by atoms with van der Waals surface area (Å²) in [7, 11) is 0. The minimum atomic E-state index is -0.0369. The normalized spacial score (nSPS) is 12.2. The molecule has 0 saturated heterocycles. The van der Waals surface area contributed by atoms with Crippen molar-refractivity contribution in [2.75, 3.05) is 12.3 Å². The number of nitrogens with one attached hydrogen (secondary N) is 1. The van der Waals surface area contributed by atoms with E-state index in [1.807, 2.05) is 6.92 Å². The van der Waals surface area contributed by atoms with E-state index in [4.69, 9.17) is 5.73 Å². The molecule has 1 unspecified atom stereocenters. The van der Waals surface area contributed by atoms with Crippen LogP contribution in [0, 0.1) is 12.8 Å². The van der Waals surface area contributed by atoms with Crippen molar-refractivity contribution in [3.05, 3.63) is 29.3 Å². The van der Waals surface area contributed by atoms with Crippen LogP contribution in [-0.2, 0) is 0 Å². The molecule has 0 bridgehead atoms. The first-order chi connectivity index (χ1) is 7.56. The maximum atomic E-state index is 11.9. The van der Waals surface area contributed by atoms with E-state index in [0.717, 1.165) is 12.0 Å². The molecule has 0 saturated carbocycles. The number of nitrogens with two attached hydrogens (primary N) is 1. The summed E-state index contributed by atoms with van der Waals surface area (Å²) in [4.78, 5) is 11.9. The standard InChI is InChI=1S/C13H20N2O/c1-4-9(2)8-15-13(16)11-6-5-7-12(14)10(11)3/h5-7,9H,4,8,14H2,1-3H3,(H,15,16). The Morgan fingerprint density at radius 3 is 2.81 bits per heavy atom. The minimum Gasteiger partial charge on any atom is -0.398 e. The Kier molecular flexibility index (Phi) is 4.35. The van der Waals surface area contributed by atoms with Crippen molar-refractivity contribution in [2.24, 2.45) is 5.92 Å². The van der Waals surface area contributed by atoms with Crippen LogP contribution in [-0.4, -0.2) is 12.5 Å². The van der Waals surface area contributed by atoms with Gasteiger partial charge in [0.1, 0.15) is 0 Å². The average Bonchev–Trinajstić information content (AvgIpc) is 2.29. The molecule has 3 heteroatoms. The minimum absolute atomic E-state index is 0.0369. The number of nitrogen functional groups attached to an aromatic ring is 1. The molecule has 1 atom stereocenters. The predicted octanol–water partition coefficient (Wildman–Crippen LogP) is 2.35. The Hall–Kier alpha value is -1.51. The van der Waals surface area contributed by atoms with Gasteiger partial charge in [-0.15, -0.1) is 0 Å². The van der Waals surface area contributed by atoms with Gasteiger partial charge in [-0.25, -0.2) is 0 Å². The molecule has 0 aromatic heterocycles. The molecule has 88 valence electrons. The fraction of sp³-hybridized carbons (Fsp3) is 0.462. The summed E-state index contributed by atoms with van der Waals surface area (Å²) in [5.74, 6) is 0.468.